The van der Waals surface area contributed by atoms with E-state index in [2.05, 4.69) is 36.0 Å². The molecule has 0 atom stereocenters. The predicted molar refractivity (Wildman–Crippen MR) is 88.0 cm³/mol. The summed E-state index contributed by atoms with van der Waals surface area (Å²) in [6, 6.07) is 0. The van der Waals surface area contributed by atoms with Crippen molar-refractivity contribution < 1.29 is 0 Å². The fraction of sp³-hybridized carbons (Fsp3) is 0.938. The number of nitrogens with one attached hydrogen (secondary N) is 1. The molecule has 4 heteroatoms. The molecular weight excluding hydrogens is 248 g/mol. The molecule has 1 fully saturated rings. The molecule has 0 bridgehead atoms. The van der Waals surface area contributed by atoms with Crippen LogP contribution in [0.25, 0.3) is 0 Å². The molecule has 0 radical (unpaired) electrons. The van der Waals surface area contributed by atoms with Crippen LogP contribution >= 0.6 is 0 Å². The fourth-order valence-electron chi connectivity index (χ4n) is 2.48. The zero-order valence-corrected chi connectivity index (χ0v) is 13.7. The fourth-order valence-corrected chi connectivity index (χ4v) is 2.48. The monoisotopic (exact) mass is 282 g/mol. The standard InChI is InChI=1S/C16H34N4/c1-14(2)6-10-19-16(17)18-9-4-5-11-20-12-7-15(3)8-13-20/h14-15H,4-13H2,1-3H3,(H3,17,18,19). The third kappa shape index (κ3) is 8.41. The molecule has 118 valence electrons. The Kier molecular flexibility index (Phi) is 8.67. The van der Waals surface area contributed by atoms with Gasteiger partial charge in [0.15, 0.2) is 5.96 Å². The first-order valence-electron chi connectivity index (χ1n) is 8.34. The molecule has 0 aromatic rings. The summed E-state index contributed by atoms with van der Waals surface area (Å²) in [5.74, 6) is 2.24. The lowest BCUT2D eigenvalue weighted by Crippen LogP contribution is -2.34. The minimum Gasteiger partial charge on any atom is -0.370 e. The molecule has 0 aromatic carbocycles. The van der Waals surface area contributed by atoms with Gasteiger partial charge in [-0.1, -0.05) is 20.8 Å². The van der Waals surface area contributed by atoms with Gasteiger partial charge in [-0.15, -0.1) is 0 Å². The Bertz CT molecular complexity index is 268. The number of rotatable bonds is 8. The Morgan fingerprint density at radius 1 is 1.30 bits per heavy atom. The van der Waals surface area contributed by atoms with Crippen molar-refractivity contribution in [2.45, 2.75) is 52.9 Å². The summed E-state index contributed by atoms with van der Waals surface area (Å²) in [5, 5.41) is 3.18. The highest BCUT2D eigenvalue weighted by Crippen LogP contribution is 2.16. The predicted octanol–water partition coefficient (Wildman–Crippen LogP) is 2.45. The van der Waals surface area contributed by atoms with Gasteiger partial charge in [0.2, 0.25) is 0 Å². The second kappa shape index (κ2) is 10.0. The van der Waals surface area contributed by atoms with E-state index in [9.17, 15) is 0 Å². The molecule has 0 spiro atoms. The lowest BCUT2D eigenvalue weighted by atomic mass is 9.99. The normalized spacial score (nSPS) is 18.7. The highest BCUT2D eigenvalue weighted by atomic mass is 15.1. The minimum absolute atomic E-state index is 0.609. The third-order valence-electron chi connectivity index (χ3n) is 4.07. The number of piperidine rings is 1. The lowest BCUT2D eigenvalue weighted by Gasteiger charge is -2.30. The summed E-state index contributed by atoms with van der Waals surface area (Å²) >= 11 is 0. The topological polar surface area (TPSA) is 53.6 Å². The SMILES string of the molecule is CC(C)CCNC(N)=NCCCCN1CCC(C)CC1. The Hall–Kier alpha value is -0.770. The van der Waals surface area contributed by atoms with E-state index in [0.29, 0.717) is 11.9 Å². The molecule has 1 rings (SSSR count). The van der Waals surface area contributed by atoms with Gasteiger partial charge in [-0.25, -0.2) is 0 Å². The summed E-state index contributed by atoms with van der Waals surface area (Å²) in [4.78, 5) is 6.97. The summed E-state index contributed by atoms with van der Waals surface area (Å²) in [6.07, 6.45) is 6.25. The van der Waals surface area contributed by atoms with E-state index in [4.69, 9.17) is 5.73 Å². The van der Waals surface area contributed by atoms with Gasteiger partial charge in [-0.05, 0) is 63.6 Å². The van der Waals surface area contributed by atoms with Crippen molar-refractivity contribution in [1.29, 1.82) is 0 Å². The van der Waals surface area contributed by atoms with E-state index < -0.39 is 0 Å². The first kappa shape index (κ1) is 17.3. The molecule has 0 amide bonds. The van der Waals surface area contributed by atoms with Crippen LogP contribution in [0, 0.1) is 11.8 Å². The van der Waals surface area contributed by atoms with Gasteiger partial charge in [0, 0.05) is 13.1 Å². The van der Waals surface area contributed by atoms with Gasteiger partial charge in [-0.2, -0.15) is 0 Å². The molecule has 1 saturated heterocycles. The van der Waals surface area contributed by atoms with Gasteiger partial charge < -0.3 is 16.0 Å². The van der Waals surface area contributed by atoms with Crippen molar-refractivity contribution in [3.05, 3.63) is 0 Å². The van der Waals surface area contributed by atoms with Crippen molar-refractivity contribution >= 4 is 5.96 Å². The largest absolute Gasteiger partial charge is 0.370 e. The number of hydrogen-bond acceptors (Lipinski definition) is 2. The zero-order chi connectivity index (χ0) is 14.8. The zero-order valence-electron chi connectivity index (χ0n) is 13.7. The number of unbranched alkanes of at least 4 members (excludes halogenated alkanes) is 1. The Morgan fingerprint density at radius 3 is 2.65 bits per heavy atom. The van der Waals surface area contributed by atoms with Crippen LogP contribution in [0.1, 0.15) is 52.9 Å². The maximum absolute atomic E-state index is 5.83. The molecule has 0 unspecified atom stereocenters. The number of guanidine groups is 1. The van der Waals surface area contributed by atoms with Crippen LogP contribution in [0.15, 0.2) is 4.99 Å². The highest BCUT2D eigenvalue weighted by Gasteiger charge is 2.14. The van der Waals surface area contributed by atoms with Crippen molar-refractivity contribution in [3.8, 4) is 0 Å². The summed E-state index contributed by atoms with van der Waals surface area (Å²) in [5.41, 5.74) is 5.83. The van der Waals surface area contributed by atoms with Crippen LogP contribution in [-0.2, 0) is 0 Å². The molecular formula is C16H34N4. The second-order valence-corrected chi connectivity index (χ2v) is 6.61. The maximum Gasteiger partial charge on any atom is 0.188 e. The van der Waals surface area contributed by atoms with Crippen LogP contribution in [0.3, 0.4) is 0 Å². The van der Waals surface area contributed by atoms with E-state index in [1.54, 1.807) is 0 Å². The molecule has 4 nitrogen and oxygen atoms in total. The maximum atomic E-state index is 5.83. The van der Waals surface area contributed by atoms with E-state index in [1.807, 2.05) is 0 Å². The second-order valence-electron chi connectivity index (χ2n) is 6.61. The summed E-state index contributed by atoms with van der Waals surface area (Å²) in [6.45, 7) is 12.4. The number of likely N-dealkylation sites (tertiary alicyclic amines) is 1. The molecule has 1 aliphatic rings. The Balaban J connectivity index is 1.97. The first-order chi connectivity index (χ1) is 9.58. The van der Waals surface area contributed by atoms with E-state index in [-0.39, 0.29) is 0 Å². The van der Waals surface area contributed by atoms with Crippen LogP contribution in [0.5, 0.6) is 0 Å². The van der Waals surface area contributed by atoms with Gasteiger partial charge in [0.05, 0.1) is 0 Å². The molecule has 3 N–H and O–H groups in total. The van der Waals surface area contributed by atoms with Crippen molar-refractivity contribution in [3.63, 3.8) is 0 Å². The van der Waals surface area contributed by atoms with Crippen LogP contribution in [0.4, 0.5) is 0 Å². The van der Waals surface area contributed by atoms with Crippen molar-refractivity contribution in [1.82, 2.24) is 10.2 Å². The van der Waals surface area contributed by atoms with Crippen LogP contribution in [-0.4, -0.2) is 43.6 Å². The molecule has 0 aromatic heterocycles. The van der Waals surface area contributed by atoms with E-state index in [1.165, 1.54) is 38.9 Å². The minimum atomic E-state index is 0.609. The van der Waals surface area contributed by atoms with Gasteiger partial charge in [0.25, 0.3) is 0 Å². The summed E-state index contributed by atoms with van der Waals surface area (Å²) < 4.78 is 0. The average molecular weight is 282 g/mol. The number of aliphatic imine (C=N–C) groups is 1. The quantitative estimate of drug-likeness (QED) is 0.408. The number of nitrogens with zero attached hydrogens (tertiary/aromatic N) is 2. The Labute approximate surface area is 125 Å². The Morgan fingerprint density at radius 2 is 2.00 bits per heavy atom. The highest BCUT2D eigenvalue weighted by molar-refractivity contribution is 5.77. The van der Waals surface area contributed by atoms with Crippen LogP contribution in [0.2, 0.25) is 0 Å². The van der Waals surface area contributed by atoms with Gasteiger partial charge in [-0.3, -0.25) is 4.99 Å². The molecule has 1 heterocycles. The van der Waals surface area contributed by atoms with Gasteiger partial charge >= 0.3 is 0 Å². The van der Waals surface area contributed by atoms with E-state index in [0.717, 1.165) is 31.8 Å². The molecule has 0 aliphatic carbocycles. The number of hydrogen-bond donors (Lipinski definition) is 2. The van der Waals surface area contributed by atoms with Gasteiger partial charge in [0.1, 0.15) is 0 Å². The first-order valence-corrected chi connectivity index (χ1v) is 8.34. The lowest BCUT2D eigenvalue weighted by molar-refractivity contribution is 0.190. The molecule has 1 aliphatic heterocycles. The van der Waals surface area contributed by atoms with E-state index >= 15 is 0 Å². The van der Waals surface area contributed by atoms with Crippen LogP contribution < -0.4 is 11.1 Å². The smallest absolute Gasteiger partial charge is 0.188 e. The molecule has 0 saturated carbocycles. The third-order valence-corrected chi connectivity index (χ3v) is 4.07. The summed E-state index contributed by atoms with van der Waals surface area (Å²) in [7, 11) is 0. The van der Waals surface area contributed by atoms with Crippen molar-refractivity contribution in [2.24, 2.45) is 22.6 Å². The van der Waals surface area contributed by atoms with Crippen molar-refractivity contribution in [2.75, 3.05) is 32.7 Å². The number of nitrogens with two attached hydrogens (primary N) is 1. The molecule has 20 heavy (non-hydrogen) atoms. The average Bonchev–Trinajstić information content (AvgIpc) is 2.40.